The van der Waals surface area contributed by atoms with Gasteiger partial charge in [0.15, 0.2) is 0 Å². The van der Waals surface area contributed by atoms with Gasteiger partial charge in [-0.2, -0.15) is 0 Å². The van der Waals surface area contributed by atoms with E-state index in [-0.39, 0.29) is 17.9 Å². The van der Waals surface area contributed by atoms with E-state index in [0.29, 0.717) is 12.1 Å². The van der Waals surface area contributed by atoms with Gasteiger partial charge in [0.25, 0.3) is 5.91 Å². The van der Waals surface area contributed by atoms with E-state index in [9.17, 15) is 9.59 Å². The molecule has 2 N–H and O–H groups in total. The lowest BCUT2D eigenvalue weighted by molar-refractivity contribution is -0.127. The summed E-state index contributed by atoms with van der Waals surface area (Å²) < 4.78 is 0. The van der Waals surface area contributed by atoms with Crippen LogP contribution in [0, 0.1) is 0 Å². The normalized spacial score (nSPS) is 18.0. The molecule has 0 unspecified atom stereocenters. The van der Waals surface area contributed by atoms with Crippen LogP contribution in [0.5, 0.6) is 0 Å². The van der Waals surface area contributed by atoms with Crippen molar-refractivity contribution in [3.05, 3.63) is 30.1 Å². The number of aromatic nitrogens is 1. The molecule has 0 saturated heterocycles. The van der Waals surface area contributed by atoms with Crippen LogP contribution in [0.4, 0.5) is 0 Å². The molecule has 1 aromatic rings. The third-order valence-electron chi connectivity index (χ3n) is 4.19. The van der Waals surface area contributed by atoms with Gasteiger partial charge in [-0.25, -0.2) is 0 Å². The van der Waals surface area contributed by atoms with Crippen molar-refractivity contribution in [2.45, 2.75) is 57.5 Å². The quantitative estimate of drug-likeness (QED) is 0.871. The van der Waals surface area contributed by atoms with Crippen molar-refractivity contribution < 1.29 is 9.59 Å². The molecular weight excluding hydrogens is 266 g/mol. The van der Waals surface area contributed by atoms with Gasteiger partial charge in [0.05, 0.1) is 0 Å². The topological polar surface area (TPSA) is 71.1 Å². The van der Waals surface area contributed by atoms with E-state index in [1.807, 2.05) is 6.92 Å². The van der Waals surface area contributed by atoms with Gasteiger partial charge in [-0.05, 0) is 38.3 Å². The van der Waals surface area contributed by atoms with Crippen molar-refractivity contribution in [1.29, 1.82) is 0 Å². The Labute approximate surface area is 125 Å². The Balaban J connectivity index is 2.02. The van der Waals surface area contributed by atoms with Crippen molar-refractivity contribution in [3.8, 4) is 0 Å². The van der Waals surface area contributed by atoms with Crippen molar-refractivity contribution >= 4 is 11.8 Å². The van der Waals surface area contributed by atoms with Crippen LogP contribution in [-0.4, -0.2) is 28.4 Å². The van der Waals surface area contributed by atoms with Crippen molar-refractivity contribution in [2.75, 3.05) is 0 Å². The summed E-state index contributed by atoms with van der Waals surface area (Å²) in [5, 5.41) is 5.87. The fourth-order valence-electron chi connectivity index (χ4n) is 2.53. The Kier molecular flexibility index (Phi) is 4.94. The Morgan fingerprint density at radius 3 is 2.62 bits per heavy atom. The molecule has 1 heterocycles. The Morgan fingerprint density at radius 2 is 2.05 bits per heavy atom. The molecule has 5 nitrogen and oxygen atoms in total. The van der Waals surface area contributed by atoms with Gasteiger partial charge in [0.2, 0.25) is 5.91 Å². The molecule has 114 valence electrons. The summed E-state index contributed by atoms with van der Waals surface area (Å²) in [6.45, 7) is 3.66. The lowest BCUT2D eigenvalue weighted by Crippen LogP contribution is -2.58. The van der Waals surface area contributed by atoms with Crippen LogP contribution in [0.2, 0.25) is 0 Å². The van der Waals surface area contributed by atoms with E-state index >= 15 is 0 Å². The average Bonchev–Trinajstić information content (AvgIpc) is 3.00. The van der Waals surface area contributed by atoms with Crippen LogP contribution in [-0.2, 0) is 4.79 Å². The van der Waals surface area contributed by atoms with Crippen LogP contribution in [0.15, 0.2) is 24.4 Å². The van der Waals surface area contributed by atoms with Gasteiger partial charge >= 0.3 is 0 Å². The van der Waals surface area contributed by atoms with E-state index in [4.69, 9.17) is 0 Å². The summed E-state index contributed by atoms with van der Waals surface area (Å²) in [5.74, 6) is -0.428. The maximum atomic E-state index is 12.5. The highest BCUT2D eigenvalue weighted by Gasteiger charge is 2.35. The minimum absolute atomic E-state index is 0.110. The maximum absolute atomic E-state index is 12.5. The first kappa shape index (κ1) is 15.5. The zero-order chi connectivity index (χ0) is 15.3. The van der Waals surface area contributed by atoms with Gasteiger partial charge < -0.3 is 10.6 Å². The largest absolute Gasteiger partial charge is 0.351 e. The van der Waals surface area contributed by atoms with Crippen LogP contribution >= 0.6 is 0 Å². The third-order valence-corrected chi connectivity index (χ3v) is 4.19. The predicted molar refractivity (Wildman–Crippen MR) is 80.8 cm³/mol. The molecule has 21 heavy (non-hydrogen) atoms. The van der Waals surface area contributed by atoms with Crippen LogP contribution in [0.1, 0.15) is 56.4 Å². The minimum Gasteiger partial charge on any atom is -0.351 e. The fourth-order valence-corrected chi connectivity index (χ4v) is 2.53. The van der Waals surface area contributed by atoms with Gasteiger partial charge in [0, 0.05) is 12.2 Å². The Bertz CT molecular complexity index is 498. The van der Waals surface area contributed by atoms with Crippen LogP contribution < -0.4 is 10.6 Å². The van der Waals surface area contributed by atoms with Crippen LogP contribution in [0.25, 0.3) is 0 Å². The zero-order valence-electron chi connectivity index (χ0n) is 12.7. The first-order valence-electron chi connectivity index (χ1n) is 7.59. The molecule has 1 aliphatic carbocycles. The first-order valence-corrected chi connectivity index (χ1v) is 7.59. The van der Waals surface area contributed by atoms with Gasteiger partial charge in [-0.1, -0.05) is 25.8 Å². The molecule has 0 radical (unpaired) electrons. The second kappa shape index (κ2) is 6.70. The van der Waals surface area contributed by atoms with Crippen molar-refractivity contribution in [2.24, 2.45) is 0 Å². The maximum Gasteiger partial charge on any atom is 0.270 e. The summed E-state index contributed by atoms with van der Waals surface area (Å²) in [7, 11) is 0. The number of pyridine rings is 1. The van der Waals surface area contributed by atoms with E-state index in [0.717, 1.165) is 25.7 Å². The summed E-state index contributed by atoms with van der Waals surface area (Å²) >= 11 is 0. The lowest BCUT2D eigenvalue weighted by atomic mass is 9.96. The van der Waals surface area contributed by atoms with E-state index in [2.05, 4.69) is 15.6 Å². The van der Waals surface area contributed by atoms with Gasteiger partial charge in [-0.15, -0.1) is 0 Å². The van der Waals surface area contributed by atoms with E-state index < -0.39 is 5.54 Å². The number of carbonyl (C=O) groups is 2. The number of rotatable bonds is 5. The number of hydrogen-bond donors (Lipinski definition) is 2. The Hall–Kier alpha value is -1.91. The number of nitrogens with zero attached hydrogens (tertiary/aromatic N) is 1. The lowest BCUT2D eigenvalue weighted by Gasteiger charge is -2.29. The van der Waals surface area contributed by atoms with Crippen molar-refractivity contribution in [1.82, 2.24) is 15.6 Å². The third kappa shape index (κ3) is 3.80. The Morgan fingerprint density at radius 1 is 1.33 bits per heavy atom. The number of nitrogens with one attached hydrogen (secondary N) is 2. The van der Waals surface area contributed by atoms with Gasteiger partial charge in [0.1, 0.15) is 11.2 Å². The number of carbonyl (C=O) groups excluding carboxylic acids is 2. The molecule has 2 amide bonds. The molecule has 1 aliphatic rings. The SMILES string of the molecule is CC[C@@](C)(NC(=O)c1ccccn1)C(=O)NC1CCCC1. The first-order chi connectivity index (χ1) is 10.0. The molecule has 2 rings (SSSR count). The predicted octanol–water partition coefficient (Wildman–Crippen LogP) is 2.04. The number of hydrogen-bond acceptors (Lipinski definition) is 3. The summed E-state index contributed by atoms with van der Waals surface area (Å²) in [6, 6.07) is 5.39. The highest BCUT2D eigenvalue weighted by Crippen LogP contribution is 2.19. The molecule has 1 aromatic heterocycles. The van der Waals surface area contributed by atoms with Crippen LogP contribution in [0.3, 0.4) is 0 Å². The molecule has 5 heteroatoms. The molecule has 1 saturated carbocycles. The monoisotopic (exact) mass is 289 g/mol. The molecule has 0 aromatic carbocycles. The molecule has 0 spiro atoms. The minimum atomic E-state index is -0.906. The molecular formula is C16H23N3O2. The average molecular weight is 289 g/mol. The molecule has 1 fully saturated rings. The second-order valence-corrected chi connectivity index (χ2v) is 5.81. The number of amides is 2. The molecule has 0 aliphatic heterocycles. The standard InChI is InChI=1S/C16H23N3O2/c1-3-16(2,15(21)18-12-8-4-5-9-12)19-14(20)13-10-6-7-11-17-13/h6-7,10-12H,3-5,8-9H2,1-2H3,(H,18,21)(H,19,20)/t16-/m1/s1. The summed E-state index contributed by atoms with van der Waals surface area (Å²) in [6.07, 6.45) is 6.47. The molecule has 0 bridgehead atoms. The summed E-state index contributed by atoms with van der Waals surface area (Å²) in [4.78, 5) is 28.7. The molecule has 1 atom stereocenters. The van der Waals surface area contributed by atoms with Gasteiger partial charge in [-0.3, -0.25) is 14.6 Å². The smallest absolute Gasteiger partial charge is 0.270 e. The van der Waals surface area contributed by atoms with Crippen molar-refractivity contribution in [3.63, 3.8) is 0 Å². The second-order valence-electron chi connectivity index (χ2n) is 5.81. The van der Waals surface area contributed by atoms with E-state index in [1.165, 1.54) is 0 Å². The highest BCUT2D eigenvalue weighted by atomic mass is 16.2. The fraction of sp³-hybridized carbons (Fsp3) is 0.562. The van der Waals surface area contributed by atoms with E-state index in [1.54, 1.807) is 31.3 Å². The zero-order valence-corrected chi connectivity index (χ0v) is 12.7. The summed E-state index contributed by atoms with van der Waals surface area (Å²) in [5.41, 5.74) is -0.581. The highest BCUT2D eigenvalue weighted by molar-refractivity contribution is 5.97.